The van der Waals surface area contributed by atoms with Crippen molar-refractivity contribution in [2.45, 2.75) is 51.5 Å². The first-order valence-electron chi connectivity index (χ1n) is 20.4. The summed E-state index contributed by atoms with van der Waals surface area (Å²) >= 11 is 0. The van der Waals surface area contributed by atoms with E-state index in [1.165, 1.54) is 0 Å². The molecule has 0 fully saturated rings. The van der Waals surface area contributed by atoms with Gasteiger partial charge in [-0.1, -0.05) is 72.3 Å². The largest absolute Gasteiger partial charge is 0.497 e. The van der Waals surface area contributed by atoms with Gasteiger partial charge in [-0.05, 0) is 102 Å². The Labute approximate surface area is 367 Å². The van der Waals surface area contributed by atoms with Gasteiger partial charge in [-0.2, -0.15) is 0 Å². The second-order valence-corrected chi connectivity index (χ2v) is 15.2. The molecule has 0 spiro atoms. The highest BCUT2D eigenvalue weighted by atomic mass is 16.5. The van der Waals surface area contributed by atoms with Crippen LogP contribution in [-0.4, -0.2) is 52.9 Å². The molecule has 63 heavy (non-hydrogen) atoms. The molecule has 0 radical (unpaired) electrons. The molecule has 324 valence electrons. The quantitative estimate of drug-likeness (QED) is 0.145. The molecular weight excluding hydrogens is 801 g/mol. The van der Waals surface area contributed by atoms with E-state index in [2.05, 4.69) is 0 Å². The molecule has 9 rings (SSSR count). The molecule has 3 atom stereocenters. The molecule has 6 aromatic carbocycles. The molecule has 11 heteroatoms. The van der Waals surface area contributed by atoms with Crippen molar-refractivity contribution < 1.29 is 52.3 Å². The first-order valence-corrected chi connectivity index (χ1v) is 20.4. The lowest BCUT2D eigenvalue weighted by atomic mass is 9.83. The van der Waals surface area contributed by atoms with Gasteiger partial charge in [0.15, 0.2) is 34.4 Å². The minimum atomic E-state index is -0.978. The molecule has 0 bridgehead atoms. The summed E-state index contributed by atoms with van der Waals surface area (Å²) in [6.07, 6.45) is -1.08. The van der Waals surface area contributed by atoms with E-state index in [4.69, 9.17) is 37.9 Å². The number of methoxy groups -OCH3 is 5. The summed E-state index contributed by atoms with van der Waals surface area (Å²) in [5.74, 6) is 3.29. The predicted octanol–water partition coefficient (Wildman–Crippen LogP) is 9.95. The van der Waals surface area contributed by atoms with Crippen LogP contribution in [-0.2, 0) is 39.6 Å². The maximum Gasteiger partial charge on any atom is 0.199 e. The Morgan fingerprint density at radius 1 is 0.524 bits per heavy atom. The molecule has 3 aliphatic rings. The van der Waals surface area contributed by atoms with Crippen LogP contribution < -0.4 is 23.7 Å². The SMILES string of the molecule is COc1ccc(C2(C)OCc3cc(OC)ccc3C2=O)cc1.COc1ccc(C2OCc3c(ccc(OC)c3OC)C2=O)cc1.Cc1ccc2c(c1)C(=O)C(c1ccccc1)OC2. The minimum absolute atomic E-state index is 0.0402. The van der Waals surface area contributed by atoms with Gasteiger partial charge in [-0.3, -0.25) is 14.4 Å². The lowest BCUT2D eigenvalue weighted by molar-refractivity contribution is -0.0354. The third-order valence-corrected chi connectivity index (χ3v) is 11.4. The van der Waals surface area contributed by atoms with Crippen LogP contribution in [0.15, 0.2) is 127 Å². The normalized spacial score (nSPS) is 18.5. The van der Waals surface area contributed by atoms with Gasteiger partial charge in [0.1, 0.15) is 29.5 Å². The van der Waals surface area contributed by atoms with E-state index in [0.717, 1.165) is 61.8 Å². The van der Waals surface area contributed by atoms with E-state index >= 15 is 0 Å². The summed E-state index contributed by atoms with van der Waals surface area (Å²) in [6.45, 7) is 4.98. The van der Waals surface area contributed by atoms with Crippen molar-refractivity contribution in [3.05, 3.63) is 183 Å². The van der Waals surface area contributed by atoms with Gasteiger partial charge >= 0.3 is 0 Å². The van der Waals surface area contributed by atoms with Crippen molar-refractivity contribution in [1.82, 2.24) is 0 Å². The van der Waals surface area contributed by atoms with Gasteiger partial charge in [-0.15, -0.1) is 0 Å². The Bertz CT molecular complexity index is 2590. The number of aryl methyl sites for hydroxylation is 1. The third kappa shape index (κ3) is 9.22. The van der Waals surface area contributed by atoms with Crippen LogP contribution in [0, 0.1) is 6.92 Å². The van der Waals surface area contributed by atoms with Gasteiger partial charge in [0, 0.05) is 22.3 Å². The van der Waals surface area contributed by atoms with Crippen LogP contribution in [0.2, 0.25) is 0 Å². The number of carbonyl (C=O) groups excluding carboxylic acids is 3. The van der Waals surface area contributed by atoms with Gasteiger partial charge < -0.3 is 37.9 Å². The molecule has 0 saturated heterocycles. The van der Waals surface area contributed by atoms with Crippen molar-refractivity contribution in [2.24, 2.45) is 0 Å². The molecule has 3 unspecified atom stereocenters. The Balaban J connectivity index is 0.000000143. The van der Waals surface area contributed by atoms with Gasteiger partial charge in [0.2, 0.25) is 0 Å². The number of rotatable bonds is 8. The predicted molar refractivity (Wildman–Crippen MR) is 236 cm³/mol. The highest BCUT2D eigenvalue weighted by molar-refractivity contribution is 6.05. The van der Waals surface area contributed by atoms with Crippen LogP contribution in [0.3, 0.4) is 0 Å². The molecule has 6 aromatic rings. The Kier molecular flexibility index (Phi) is 13.7. The number of ether oxygens (including phenoxy) is 8. The van der Waals surface area contributed by atoms with Gasteiger partial charge in [-0.25, -0.2) is 0 Å². The second kappa shape index (κ2) is 19.5. The summed E-state index contributed by atoms with van der Waals surface area (Å²) in [5.41, 5.74) is 7.33. The summed E-state index contributed by atoms with van der Waals surface area (Å²) in [5, 5.41) is 0. The first kappa shape index (κ1) is 44.3. The van der Waals surface area contributed by atoms with Crippen molar-refractivity contribution >= 4 is 17.3 Å². The van der Waals surface area contributed by atoms with E-state index in [9.17, 15) is 14.4 Å². The molecule has 11 nitrogen and oxygen atoms in total. The number of hydrogen-bond donors (Lipinski definition) is 0. The Hall–Kier alpha value is -6.79. The number of ketones is 3. The Morgan fingerprint density at radius 3 is 1.75 bits per heavy atom. The molecule has 0 N–H and O–H groups in total. The lowest BCUT2D eigenvalue weighted by Crippen LogP contribution is -2.39. The van der Waals surface area contributed by atoms with Crippen molar-refractivity contribution in [1.29, 1.82) is 0 Å². The van der Waals surface area contributed by atoms with Crippen LogP contribution >= 0.6 is 0 Å². The topological polar surface area (TPSA) is 125 Å². The maximum absolute atomic E-state index is 12.9. The zero-order chi connectivity index (χ0) is 44.7. The molecule has 3 heterocycles. The highest BCUT2D eigenvalue weighted by Gasteiger charge is 2.41. The van der Waals surface area contributed by atoms with Crippen LogP contribution in [0.1, 0.15) is 89.1 Å². The van der Waals surface area contributed by atoms with Crippen molar-refractivity contribution in [3.63, 3.8) is 0 Å². The summed E-state index contributed by atoms with van der Waals surface area (Å²) < 4.78 is 43.5. The molecule has 0 saturated carbocycles. The highest BCUT2D eigenvalue weighted by Crippen LogP contribution is 2.41. The molecule has 0 amide bonds. The minimum Gasteiger partial charge on any atom is -0.497 e. The average molecular weight is 851 g/mol. The zero-order valence-corrected chi connectivity index (χ0v) is 36.4. The number of fused-ring (bicyclic) bond motifs is 3. The Morgan fingerprint density at radius 2 is 1.11 bits per heavy atom. The fourth-order valence-corrected chi connectivity index (χ4v) is 7.79. The van der Waals surface area contributed by atoms with Crippen molar-refractivity contribution in [3.8, 4) is 28.7 Å². The van der Waals surface area contributed by atoms with Crippen LogP contribution in [0.4, 0.5) is 0 Å². The van der Waals surface area contributed by atoms with Gasteiger partial charge in [0.25, 0.3) is 0 Å². The average Bonchev–Trinajstić information content (AvgIpc) is 3.33. The first-order chi connectivity index (χ1) is 30.5. The van der Waals surface area contributed by atoms with E-state index in [0.29, 0.717) is 35.8 Å². The summed E-state index contributed by atoms with van der Waals surface area (Å²) in [6, 6.07) is 39.3. The molecule has 0 aliphatic carbocycles. The number of hydrogen-bond acceptors (Lipinski definition) is 11. The van der Waals surface area contributed by atoms with E-state index < -0.39 is 17.8 Å². The third-order valence-electron chi connectivity index (χ3n) is 11.4. The standard InChI is InChI=1S/C18H18O5.C18H18O4.C16H14O2/c1-20-12-6-4-11(5-7-12)17-16(19)13-8-9-15(21-2)18(22-3)14(13)10-23-17;1-18(13-4-6-14(20-2)7-5-13)17(19)16-9-8-15(21-3)10-12(16)11-22-18;1-11-7-8-13-10-18-16(15(17)14(13)9-11)12-5-3-2-4-6-12/h4-9,17H,10H2,1-3H3;4-10H,11H2,1-3H3;2-9,16H,10H2,1H3. The molecule has 0 aromatic heterocycles. The smallest absolute Gasteiger partial charge is 0.199 e. The number of Topliss-reactive ketones (excluding diaryl/α,β-unsaturated/α-hetero) is 3. The van der Waals surface area contributed by atoms with Gasteiger partial charge in [0.05, 0.1) is 55.4 Å². The fourth-order valence-electron chi connectivity index (χ4n) is 7.79. The van der Waals surface area contributed by atoms with E-state index in [1.807, 2.05) is 117 Å². The van der Waals surface area contributed by atoms with Crippen molar-refractivity contribution in [2.75, 3.05) is 35.5 Å². The maximum atomic E-state index is 12.9. The molecule has 3 aliphatic heterocycles. The van der Waals surface area contributed by atoms with Crippen LogP contribution in [0.25, 0.3) is 0 Å². The summed E-state index contributed by atoms with van der Waals surface area (Å²) in [7, 11) is 7.94. The second-order valence-electron chi connectivity index (χ2n) is 15.2. The van der Waals surface area contributed by atoms with E-state index in [-0.39, 0.29) is 24.0 Å². The molecular formula is C52H50O11. The number of carbonyl (C=O) groups is 3. The lowest BCUT2D eigenvalue weighted by Gasteiger charge is -2.34. The van der Waals surface area contributed by atoms with E-state index in [1.54, 1.807) is 59.8 Å². The monoisotopic (exact) mass is 850 g/mol. The number of benzene rings is 6. The summed E-state index contributed by atoms with van der Waals surface area (Å²) in [4.78, 5) is 38.1. The zero-order valence-electron chi connectivity index (χ0n) is 36.4. The fraction of sp³-hybridized carbons (Fsp3) is 0.250. The van der Waals surface area contributed by atoms with Crippen LogP contribution in [0.5, 0.6) is 28.7 Å².